The molecule has 0 aliphatic heterocycles. The van der Waals surface area contributed by atoms with E-state index >= 15 is 0 Å². The van der Waals surface area contributed by atoms with Gasteiger partial charge in [-0.25, -0.2) is 8.78 Å². The first-order chi connectivity index (χ1) is 8.13. The van der Waals surface area contributed by atoms with Gasteiger partial charge in [0.1, 0.15) is 0 Å². The minimum atomic E-state index is -2.53. The normalized spacial score (nSPS) is 10.6. The molecular weight excluding hydrogens is 226 g/mol. The van der Waals surface area contributed by atoms with Crippen LogP contribution in [0.2, 0.25) is 0 Å². The average Bonchev–Trinajstić information content (AvgIpc) is 2.29. The predicted octanol–water partition coefficient (Wildman–Crippen LogP) is 1.28. The SMILES string of the molecule is NCCN(CC(F)F)C(=O)Cc1ccccc1. The molecule has 17 heavy (non-hydrogen) atoms. The maximum Gasteiger partial charge on any atom is 0.255 e. The summed E-state index contributed by atoms with van der Waals surface area (Å²) in [5.74, 6) is -0.318. The summed E-state index contributed by atoms with van der Waals surface area (Å²) >= 11 is 0. The third-order valence-electron chi connectivity index (χ3n) is 2.31. The van der Waals surface area contributed by atoms with Crippen LogP contribution in [0.3, 0.4) is 0 Å². The molecule has 3 nitrogen and oxygen atoms in total. The van der Waals surface area contributed by atoms with E-state index < -0.39 is 13.0 Å². The van der Waals surface area contributed by atoms with Gasteiger partial charge in [-0.05, 0) is 5.56 Å². The Morgan fingerprint density at radius 2 is 1.94 bits per heavy atom. The fourth-order valence-corrected chi connectivity index (χ4v) is 1.52. The molecule has 1 aromatic carbocycles. The number of carbonyl (C=O) groups excluding carboxylic acids is 1. The lowest BCUT2D eigenvalue weighted by atomic mass is 10.1. The van der Waals surface area contributed by atoms with Crippen LogP contribution in [0.15, 0.2) is 30.3 Å². The summed E-state index contributed by atoms with van der Waals surface area (Å²) in [5, 5.41) is 0. The first kappa shape index (κ1) is 13.6. The van der Waals surface area contributed by atoms with Crippen molar-refractivity contribution in [1.82, 2.24) is 4.90 Å². The molecule has 0 aliphatic rings. The molecular formula is C12H16F2N2O. The van der Waals surface area contributed by atoms with Crippen LogP contribution >= 0.6 is 0 Å². The van der Waals surface area contributed by atoms with Gasteiger partial charge in [0, 0.05) is 13.1 Å². The Hall–Kier alpha value is -1.49. The fourth-order valence-electron chi connectivity index (χ4n) is 1.52. The second-order valence-corrected chi connectivity index (χ2v) is 3.68. The lowest BCUT2D eigenvalue weighted by molar-refractivity contribution is -0.132. The van der Waals surface area contributed by atoms with E-state index in [0.717, 1.165) is 10.5 Å². The Bertz CT molecular complexity index is 344. The smallest absolute Gasteiger partial charge is 0.255 e. The molecule has 1 rings (SSSR count). The van der Waals surface area contributed by atoms with Gasteiger partial charge < -0.3 is 10.6 Å². The van der Waals surface area contributed by atoms with Gasteiger partial charge in [0.2, 0.25) is 5.91 Å². The molecule has 0 unspecified atom stereocenters. The van der Waals surface area contributed by atoms with Gasteiger partial charge in [0.25, 0.3) is 6.43 Å². The van der Waals surface area contributed by atoms with Crippen LogP contribution in [0.25, 0.3) is 0 Å². The van der Waals surface area contributed by atoms with Crippen LogP contribution in [0.4, 0.5) is 8.78 Å². The van der Waals surface area contributed by atoms with E-state index in [9.17, 15) is 13.6 Å². The van der Waals surface area contributed by atoms with Crippen molar-refractivity contribution < 1.29 is 13.6 Å². The monoisotopic (exact) mass is 242 g/mol. The Kier molecular flexibility index (Phi) is 5.56. The summed E-state index contributed by atoms with van der Waals surface area (Å²) in [5.41, 5.74) is 6.11. The minimum absolute atomic E-state index is 0.132. The summed E-state index contributed by atoms with van der Waals surface area (Å²) in [6.45, 7) is -0.202. The molecule has 0 atom stereocenters. The van der Waals surface area contributed by atoms with Gasteiger partial charge in [0.15, 0.2) is 0 Å². The molecule has 1 aromatic rings. The number of alkyl halides is 2. The van der Waals surface area contributed by atoms with Crippen molar-refractivity contribution >= 4 is 5.91 Å². The van der Waals surface area contributed by atoms with Crippen LogP contribution in [0.1, 0.15) is 5.56 Å². The Morgan fingerprint density at radius 1 is 1.29 bits per heavy atom. The number of benzene rings is 1. The topological polar surface area (TPSA) is 46.3 Å². The Labute approximate surface area is 99.2 Å². The molecule has 0 saturated heterocycles. The van der Waals surface area contributed by atoms with Crippen LogP contribution in [-0.4, -0.2) is 36.9 Å². The van der Waals surface area contributed by atoms with Crippen LogP contribution in [0, 0.1) is 0 Å². The number of nitrogens with zero attached hydrogens (tertiary/aromatic N) is 1. The number of nitrogens with two attached hydrogens (primary N) is 1. The highest BCUT2D eigenvalue weighted by Crippen LogP contribution is 2.05. The fraction of sp³-hybridized carbons (Fsp3) is 0.417. The molecule has 0 radical (unpaired) electrons. The molecule has 5 heteroatoms. The first-order valence-electron chi connectivity index (χ1n) is 5.43. The van der Waals surface area contributed by atoms with Gasteiger partial charge in [0.05, 0.1) is 13.0 Å². The molecule has 94 valence electrons. The summed E-state index contributed by atoms with van der Waals surface area (Å²) < 4.78 is 24.5. The van der Waals surface area contributed by atoms with Crippen LogP contribution < -0.4 is 5.73 Å². The number of rotatable bonds is 6. The molecule has 0 spiro atoms. The van der Waals surface area contributed by atoms with Crippen molar-refractivity contribution in [2.45, 2.75) is 12.8 Å². The molecule has 0 saturated carbocycles. The second kappa shape index (κ2) is 6.96. The van der Waals surface area contributed by atoms with E-state index in [-0.39, 0.29) is 25.4 Å². The number of hydrogen-bond acceptors (Lipinski definition) is 2. The van der Waals surface area contributed by atoms with Gasteiger partial charge in [-0.3, -0.25) is 4.79 Å². The van der Waals surface area contributed by atoms with E-state index in [2.05, 4.69) is 0 Å². The van der Waals surface area contributed by atoms with Crippen molar-refractivity contribution in [3.8, 4) is 0 Å². The number of hydrogen-bond donors (Lipinski definition) is 1. The minimum Gasteiger partial charge on any atom is -0.335 e. The molecule has 0 aromatic heterocycles. The van der Waals surface area contributed by atoms with Crippen molar-refractivity contribution in [2.75, 3.05) is 19.6 Å². The maximum atomic E-state index is 12.3. The largest absolute Gasteiger partial charge is 0.335 e. The van der Waals surface area contributed by atoms with E-state index in [1.54, 1.807) is 12.1 Å². The van der Waals surface area contributed by atoms with Crippen LogP contribution in [-0.2, 0) is 11.2 Å². The maximum absolute atomic E-state index is 12.3. The number of amides is 1. The number of halogens is 2. The average molecular weight is 242 g/mol. The third-order valence-corrected chi connectivity index (χ3v) is 2.31. The first-order valence-corrected chi connectivity index (χ1v) is 5.43. The molecule has 0 heterocycles. The zero-order valence-electron chi connectivity index (χ0n) is 9.48. The molecule has 2 N–H and O–H groups in total. The van der Waals surface area contributed by atoms with Crippen molar-refractivity contribution in [1.29, 1.82) is 0 Å². The molecule has 0 aliphatic carbocycles. The van der Waals surface area contributed by atoms with E-state index in [1.807, 2.05) is 18.2 Å². The summed E-state index contributed by atoms with van der Waals surface area (Å²) in [6.07, 6.45) is -2.39. The van der Waals surface area contributed by atoms with Crippen LogP contribution in [0.5, 0.6) is 0 Å². The highest BCUT2D eigenvalue weighted by atomic mass is 19.3. The second-order valence-electron chi connectivity index (χ2n) is 3.68. The molecule has 1 amide bonds. The lowest BCUT2D eigenvalue weighted by Crippen LogP contribution is -2.39. The lowest BCUT2D eigenvalue weighted by Gasteiger charge is -2.21. The zero-order valence-corrected chi connectivity index (χ0v) is 9.48. The van der Waals surface area contributed by atoms with Gasteiger partial charge in [-0.2, -0.15) is 0 Å². The highest BCUT2D eigenvalue weighted by molar-refractivity contribution is 5.78. The van der Waals surface area contributed by atoms with Crippen molar-refractivity contribution in [3.63, 3.8) is 0 Å². The van der Waals surface area contributed by atoms with Gasteiger partial charge in [-0.15, -0.1) is 0 Å². The zero-order chi connectivity index (χ0) is 12.7. The summed E-state index contributed by atoms with van der Waals surface area (Å²) in [7, 11) is 0. The molecule has 0 bridgehead atoms. The van der Waals surface area contributed by atoms with E-state index in [1.165, 1.54) is 0 Å². The van der Waals surface area contributed by atoms with Gasteiger partial charge in [-0.1, -0.05) is 30.3 Å². The highest BCUT2D eigenvalue weighted by Gasteiger charge is 2.17. The van der Waals surface area contributed by atoms with Crippen molar-refractivity contribution in [3.05, 3.63) is 35.9 Å². The Balaban J connectivity index is 2.59. The molecule has 0 fully saturated rings. The van der Waals surface area contributed by atoms with E-state index in [4.69, 9.17) is 5.73 Å². The Morgan fingerprint density at radius 3 is 2.47 bits per heavy atom. The van der Waals surface area contributed by atoms with Crippen molar-refractivity contribution in [2.24, 2.45) is 5.73 Å². The van der Waals surface area contributed by atoms with E-state index in [0.29, 0.717) is 0 Å². The quantitative estimate of drug-likeness (QED) is 0.816. The standard InChI is InChI=1S/C12H16F2N2O/c13-11(14)9-16(7-6-15)12(17)8-10-4-2-1-3-5-10/h1-5,11H,6-9,15H2. The predicted molar refractivity (Wildman–Crippen MR) is 61.8 cm³/mol. The number of carbonyl (C=O) groups is 1. The summed E-state index contributed by atoms with van der Waals surface area (Å²) in [4.78, 5) is 12.9. The summed E-state index contributed by atoms with van der Waals surface area (Å²) in [6, 6.07) is 9.04. The van der Waals surface area contributed by atoms with Gasteiger partial charge >= 0.3 is 0 Å². The third kappa shape index (κ3) is 4.91.